The molecular formula is C19H27NO3. The summed E-state index contributed by atoms with van der Waals surface area (Å²) in [5.41, 5.74) is 0.171. The summed E-state index contributed by atoms with van der Waals surface area (Å²) >= 11 is 0. The SMILES string of the molecule is COc1ccccc1CC1CCN(C(=O)C2(O)CCCC2)CC1. The first kappa shape index (κ1) is 16.3. The molecule has 1 saturated carbocycles. The second-order valence-corrected chi connectivity index (χ2v) is 6.99. The highest BCUT2D eigenvalue weighted by Crippen LogP contribution is 2.33. The molecule has 1 aromatic carbocycles. The Bertz CT molecular complexity index is 543. The highest BCUT2D eigenvalue weighted by atomic mass is 16.5. The number of aliphatic hydroxyl groups is 1. The molecule has 0 atom stereocenters. The van der Waals surface area contributed by atoms with E-state index >= 15 is 0 Å². The first-order valence-electron chi connectivity index (χ1n) is 8.76. The molecule has 2 fully saturated rings. The van der Waals surface area contributed by atoms with Crippen LogP contribution >= 0.6 is 0 Å². The zero-order chi connectivity index (χ0) is 16.3. The lowest BCUT2D eigenvalue weighted by Crippen LogP contribution is -2.50. The van der Waals surface area contributed by atoms with Crippen LogP contribution in [0.4, 0.5) is 0 Å². The summed E-state index contributed by atoms with van der Waals surface area (Å²) in [5, 5.41) is 10.5. The summed E-state index contributed by atoms with van der Waals surface area (Å²) in [6.45, 7) is 1.53. The highest BCUT2D eigenvalue weighted by Gasteiger charge is 2.42. The zero-order valence-corrected chi connectivity index (χ0v) is 14.0. The molecular weight excluding hydrogens is 290 g/mol. The number of carbonyl (C=O) groups is 1. The molecule has 2 aliphatic rings. The van der Waals surface area contributed by atoms with Gasteiger partial charge in [0.2, 0.25) is 0 Å². The number of nitrogens with zero attached hydrogens (tertiary/aromatic N) is 1. The van der Waals surface area contributed by atoms with Crippen LogP contribution in [0.25, 0.3) is 0 Å². The molecule has 0 aromatic heterocycles. The summed E-state index contributed by atoms with van der Waals surface area (Å²) in [7, 11) is 1.71. The fourth-order valence-corrected chi connectivity index (χ4v) is 3.99. The highest BCUT2D eigenvalue weighted by molar-refractivity contribution is 5.85. The molecule has 1 heterocycles. The van der Waals surface area contributed by atoms with Gasteiger partial charge in [-0.15, -0.1) is 0 Å². The Kier molecular flexibility index (Phi) is 4.90. The number of para-hydroxylation sites is 1. The van der Waals surface area contributed by atoms with Crippen molar-refractivity contribution in [1.82, 2.24) is 4.90 Å². The monoisotopic (exact) mass is 317 g/mol. The van der Waals surface area contributed by atoms with Crippen molar-refractivity contribution in [3.05, 3.63) is 29.8 Å². The number of likely N-dealkylation sites (tertiary alicyclic amines) is 1. The van der Waals surface area contributed by atoms with Gasteiger partial charge in [0.15, 0.2) is 0 Å². The molecule has 0 spiro atoms. The van der Waals surface area contributed by atoms with Crippen LogP contribution in [0.3, 0.4) is 0 Å². The van der Waals surface area contributed by atoms with Crippen LogP contribution in [0.2, 0.25) is 0 Å². The lowest BCUT2D eigenvalue weighted by molar-refractivity contribution is -0.152. The van der Waals surface area contributed by atoms with E-state index in [1.807, 2.05) is 23.1 Å². The number of rotatable bonds is 4. The average Bonchev–Trinajstić information content (AvgIpc) is 3.03. The van der Waals surface area contributed by atoms with Crippen LogP contribution in [0.15, 0.2) is 24.3 Å². The molecule has 126 valence electrons. The minimum atomic E-state index is -1.07. The standard InChI is InChI=1S/C19H27NO3/c1-23-17-7-3-2-6-16(17)14-15-8-12-20(13-9-15)18(21)19(22)10-4-5-11-19/h2-3,6-7,15,22H,4-5,8-14H2,1H3. The molecule has 23 heavy (non-hydrogen) atoms. The van der Waals surface area contributed by atoms with Gasteiger partial charge in [-0.3, -0.25) is 4.79 Å². The third kappa shape index (κ3) is 3.52. The molecule has 1 aromatic rings. The molecule has 3 rings (SSSR count). The Hall–Kier alpha value is -1.55. The predicted octanol–water partition coefficient (Wildman–Crippen LogP) is 2.78. The van der Waals surface area contributed by atoms with Crippen LogP contribution < -0.4 is 4.74 Å². The van der Waals surface area contributed by atoms with E-state index in [0.717, 1.165) is 50.9 Å². The topological polar surface area (TPSA) is 49.8 Å². The number of amides is 1. The van der Waals surface area contributed by atoms with Gasteiger partial charge in [-0.05, 0) is 62.5 Å². The van der Waals surface area contributed by atoms with E-state index in [1.165, 1.54) is 5.56 Å². The van der Waals surface area contributed by atoms with E-state index in [1.54, 1.807) is 7.11 Å². The summed E-state index contributed by atoms with van der Waals surface area (Å²) < 4.78 is 5.43. The molecule has 0 bridgehead atoms. The summed E-state index contributed by atoms with van der Waals surface area (Å²) in [5.74, 6) is 1.49. The summed E-state index contributed by atoms with van der Waals surface area (Å²) in [6.07, 6.45) is 6.19. The van der Waals surface area contributed by atoms with E-state index in [-0.39, 0.29) is 5.91 Å². The first-order chi connectivity index (χ1) is 11.1. The molecule has 0 radical (unpaired) electrons. The Morgan fingerprint density at radius 2 is 1.91 bits per heavy atom. The van der Waals surface area contributed by atoms with Crippen molar-refractivity contribution in [3.8, 4) is 5.75 Å². The Balaban J connectivity index is 1.55. The zero-order valence-electron chi connectivity index (χ0n) is 14.0. The van der Waals surface area contributed by atoms with Gasteiger partial charge in [-0.1, -0.05) is 18.2 Å². The maximum Gasteiger partial charge on any atom is 0.254 e. The smallest absolute Gasteiger partial charge is 0.254 e. The number of hydrogen-bond acceptors (Lipinski definition) is 3. The fraction of sp³-hybridized carbons (Fsp3) is 0.632. The van der Waals surface area contributed by atoms with Gasteiger partial charge >= 0.3 is 0 Å². The van der Waals surface area contributed by atoms with E-state index in [9.17, 15) is 9.90 Å². The molecule has 4 nitrogen and oxygen atoms in total. The van der Waals surface area contributed by atoms with Crippen LogP contribution in [-0.4, -0.2) is 41.7 Å². The number of benzene rings is 1. The van der Waals surface area contributed by atoms with Crippen LogP contribution in [0.5, 0.6) is 5.75 Å². The predicted molar refractivity (Wildman–Crippen MR) is 89.4 cm³/mol. The van der Waals surface area contributed by atoms with Crippen molar-refractivity contribution >= 4 is 5.91 Å². The molecule has 0 unspecified atom stereocenters. The number of ether oxygens (including phenoxy) is 1. The molecule has 4 heteroatoms. The Morgan fingerprint density at radius 1 is 1.26 bits per heavy atom. The van der Waals surface area contributed by atoms with Crippen LogP contribution in [0.1, 0.15) is 44.1 Å². The second-order valence-electron chi connectivity index (χ2n) is 6.99. The van der Waals surface area contributed by atoms with Crippen molar-refractivity contribution in [1.29, 1.82) is 0 Å². The third-order valence-corrected chi connectivity index (χ3v) is 5.43. The van der Waals surface area contributed by atoms with Crippen LogP contribution in [0, 0.1) is 5.92 Å². The number of carbonyl (C=O) groups excluding carboxylic acids is 1. The Morgan fingerprint density at radius 3 is 2.57 bits per heavy atom. The van der Waals surface area contributed by atoms with Gasteiger partial charge in [-0.2, -0.15) is 0 Å². The van der Waals surface area contributed by atoms with Gasteiger partial charge in [-0.25, -0.2) is 0 Å². The number of piperidine rings is 1. The van der Waals surface area contributed by atoms with Gasteiger partial charge in [0, 0.05) is 13.1 Å². The molecule has 1 N–H and O–H groups in total. The largest absolute Gasteiger partial charge is 0.496 e. The van der Waals surface area contributed by atoms with Gasteiger partial charge in [0.1, 0.15) is 11.4 Å². The lowest BCUT2D eigenvalue weighted by Gasteiger charge is -2.36. The van der Waals surface area contributed by atoms with Gasteiger partial charge in [0.25, 0.3) is 5.91 Å². The van der Waals surface area contributed by atoms with Crippen LogP contribution in [-0.2, 0) is 11.2 Å². The lowest BCUT2D eigenvalue weighted by atomic mass is 9.88. The molecule has 1 amide bonds. The maximum atomic E-state index is 12.5. The number of methoxy groups -OCH3 is 1. The van der Waals surface area contributed by atoms with Crippen molar-refractivity contribution in [2.75, 3.05) is 20.2 Å². The summed E-state index contributed by atoms with van der Waals surface area (Å²) in [6, 6.07) is 8.17. The molecule has 1 aliphatic heterocycles. The first-order valence-corrected chi connectivity index (χ1v) is 8.76. The van der Waals surface area contributed by atoms with E-state index in [4.69, 9.17) is 4.74 Å². The molecule has 1 aliphatic carbocycles. The van der Waals surface area contributed by atoms with Crippen molar-refractivity contribution in [2.45, 2.75) is 50.5 Å². The van der Waals surface area contributed by atoms with Gasteiger partial charge < -0.3 is 14.7 Å². The fourth-order valence-electron chi connectivity index (χ4n) is 3.99. The van der Waals surface area contributed by atoms with E-state index < -0.39 is 5.60 Å². The average molecular weight is 317 g/mol. The van der Waals surface area contributed by atoms with Crippen molar-refractivity contribution < 1.29 is 14.6 Å². The minimum absolute atomic E-state index is 0.0364. The normalized spacial score (nSPS) is 21.4. The second kappa shape index (κ2) is 6.91. The van der Waals surface area contributed by atoms with Gasteiger partial charge in [0.05, 0.1) is 7.11 Å². The van der Waals surface area contributed by atoms with E-state index in [0.29, 0.717) is 18.8 Å². The minimum Gasteiger partial charge on any atom is -0.496 e. The van der Waals surface area contributed by atoms with E-state index in [2.05, 4.69) is 6.07 Å². The number of hydrogen-bond donors (Lipinski definition) is 1. The third-order valence-electron chi connectivity index (χ3n) is 5.43. The van der Waals surface area contributed by atoms with Crippen molar-refractivity contribution in [2.24, 2.45) is 5.92 Å². The maximum absolute atomic E-state index is 12.5. The molecule has 1 saturated heterocycles. The van der Waals surface area contributed by atoms with Crippen molar-refractivity contribution in [3.63, 3.8) is 0 Å². The summed E-state index contributed by atoms with van der Waals surface area (Å²) in [4.78, 5) is 14.4. The quantitative estimate of drug-likeness (QED) is 0.929. The Labute approximate surface area is 138 Å².